The normalized spacial score (nSPS) is 18.8. The molecule has 0 aliphatic carbocycles. The van der Waals surface area contributed by atoms with Gasteiger partial charge in [-0.05, 0) is 49.2 Å². The SMILES string of the molecule is [N-]=[N+]=NC1(c2ccc(Cl)cc2)CCNCC1. The lowest BCUT2D eigenvalue weighted by Crippen LogP contribution is -2.38. The molecule has 16 heavy (non-hydrogen) atoms. The van der Waals surface area contributed by atoms with Crippen LogP contribution < -0.4 is 5.32 Å². The zero-order valence-electron chi connectivity index (χ0n) is 8.86. The highest BCUT2D eigenvalue weighted by molar-refractivity contribution is 6.30. The second-order valence-electron chi connectivity index (χ2n) is 3.98. The molecule has 2 rings (SSSR count). The van der Waals surface area contributed by atoms with Crippen LogP contribution >= 0.6 is 11.6 Å². The lowest BCUT2D eigenvalue weighted by molar-refractivity contribution is 0.317. The number of benzene rings is 1. The number of hydrogen-bond acceptors (Lipinski definition) is 2. The third-order valence-electron chi connectivity index (χ3n) is 3.05. The third kappa shape index (κ3) is 2.14. The summed E-state index contributed by atoms with van der Waals surface area (Å²) in [6.45, 7) is 1.75. The summed E-state index contributed by atoms with van der Waals surface area (Å²) >= 11 is 5.86. The van der Waals surface area contributed by atoms with Gasteiger partial charge in [0.25, 0.3) is 0 Å². The van der Waals surface area contributed by atoms with E-state index in [1.54, 1.807) is 0 Å². The molecule has 1 fully saturated rings. The van der Waals surface area contributed by atoms with Gasteiger partial charge in [-0.1, -0.05) is 28.8 Å². The molecule has 1 aliphatic heterocycles. The van der Waals surface area contributed by atoms with E-state index in [1.807, 2.05) is 24.3 Å². The molecule has 84 valence electrons. The van der Waals surface area contributed by atoms with Crippen molar-refractivity contribution < 1.29 is 0 Å². The molecule has 0 unspecified atom stereocenters. The van der Waals surface area contributed by atoms with Gasteiger partial charge in [0.1, 0.15) is 0 Å². The molecule has 1 aromatic rings. The molecule has 0 aromatic heterocycles. The maximum Gasteiger partial charge on any atom is 0.0762 e. The van der Waals surface area contributed by atoms with E-state index in [9.17, 15) is 0 Å². The Morgan fingerprint density at radius 1 is 1.25 bits per heavy atom. The van der Waals surface area contributed by atoms with Crippen molar-refractivity contribution >= 4 is 11.6 Å². The first-order valence-corrected chi connectivity index (χ1v) is 5.68. The fraction of sp³-hybridized carbons (Fsp3) is 0.455. The van der Waals surface area contributed by atoms with Gasteiger partial charge in [0.15, 0.2) is 0 Å². The molecule has 0 bridgehead atoms. The molecule has 5 heteroatoms. The highest BCUT2D eigenvalue weighted by atomic mass is 35.5. The van der Waals surface area contributed by atoms with Gasteiger partial charge in [0, 0.05) is 9.93 Å². The summed E-state index contributed by atoms with van der Waals surface area (Å²) in [7, 11) is 0. The number of rotatable bonds is 2. The maximum absolute atomic E-state index is 8.71. The van der Waals surface area contributed by atoms with Crippen LogP contribution in [-0.4, -0.2) is 13.1 Å². The second kappa shape index (κ2) is 4.74. The number of piperidine rings is 1. The molecule has 0 radical (unpaired) electrons. The topological polar surface area (TPSA) is 60.8 Å². The van der Waals surface area contributed by atoms with Crippen LogP contribution in [0.5, 0.6) is 0 Å². The predicted octanol–water partition coefficient (Wildman–Crippen LogP) is 3.23. The Morgan fingerprint density at radius 2 is 1.88 bits per heavy atom. The molecule has 0 amide bonds. The first-order valence-electron chi connectivity index (χ1n) is 5.30. The maximum atomic E-state index is 8.71. The van der Waals surface area contributed by atoms with E-state index in [0.29, 0.717) is 5.02 Å². The molecule has 4 nitrogen and oxygen atoms in total. The van der Waals surface area contributed by atoms with Crippen LogP contribution in [0.25, 0.3) is 10.4 Å². The third-order valence-corrected chi connectivity index (χ3v) is 3.30. The fourth-order valence-corrected chi connectivity index (χ4v) is 2.26. The van der Waals surface area contributed by atoms with E-state index >= 15 is 0 Å². The molecule has 1 N–H and O–H groups in total. The molecule has 0 saturated carbocycles. The Bertz CT molecular complexity index is 402. The average Bonchev–Trinajstić information content (AvgIpc) is 2.31. The van der Waals surface area contributed by atoms with Crippen LogP contribution in [0.15, 0.2) is 29.4 Å². The molecule has 0 atom stereocenters. The van der Waals surface area contributed by atoms with Crippen molar-refractivity contribution in [2.24, 2.45) is 5.11 Å². The van der Waals surface area contributed by atoms with Gasteiger partial charge in [-0.15, -0.1) is 0 Å². The van der Waals surface area contributed by atoms with E-state index in [4.69, 9.17) is 17.1 Å². The Balaban J connectivity index is 2.38. The monoisotopic (exact) mass is 236 g/mol. The van der Waals surface area contributed by atoms with E-state index in [0.717, 1.165) is 31.5 Å². The zero-order chi connectivity index (χ0) is 11.4. The van der Waals surface area contributed by atoms with Gasteiger partial charge in [-0.3, -0.25) is 0 Å². The molecule has 0 spiro atoms. The standard InChI is InChI=1S/C11H13ClN4/c12-10-3-1-9(2-4-10)11(15-16-13)5-7-14-8-6-11/h1-4,14H,5-8H2. The van der Waals surface area contributed by atoms with Crippen LogP contribution in [0.1, 0.15) is 18.4 Å². The lowest BCUT2D eigenvalue weighted by atomic mass is 9.82. The quantitative estimate of drug-likeness (QED) is 0.478. The Labute approximate surface area is 99.2 Å². The van der Waals surface area contributed by atoms with Crippen molar-refractivity contribution in [1.29, 1.82) is 0 Å². The van der Waals surface area contributed by atoms with E-state index in [2.05, 4.69) is 15.3 Å². The van der Waals surface area contributed by atoms with Gasteiger partial charge in [0.2, 0.25) is 0 Å². The van der Waals surface area contributed by atoms with Crippen molar-refractivity contribution in [2.75, 3.05) is 13.1 Å². The number of halogens is 1. The van der Waals surface area contributed by atoms with Crippen molar-refractivity contribution in [3.8, 4) is 0 Å². The molecule has 1 heterocycles. The molecular formula is C11H13ClN4. The van der Waals surface area contributed by atoms with Crippen molar-refractivity contribution in [2.45, 2.75) is 18.4 Å². The summed E-state index contributed by atoms with van der Waals surface area (Å²) in [6, 6.07) is 7.58. The largest absolute Gasteiger partial charge is 0.317 e. The number of azide groups is 1. The molecule has 1 saturated heterocycles. The second-order valence-corrected chi connectivity index (χ2v) is 4.41. The smallest absolute Gasteiger partial charge is 0.0762 e. The first kappa shape index (κ1) is 11.3. The summed E-state index contributed by atoms with van der Waals surface area (Å²) in [5, 5.41) is 7.98. The van der Waals surface area contributed by atoms with E-state index in [1.165, 1.54) is 0 Å². The number of nitrogens with one attached hydrogen (secondary N) is 1. The van der Waals surface area contributed by atoms with Gasteiger partial charge < -0.3 is 5.32 Å². The average molecular weight is 237 g/mol. The Morgan fingerprint density at radius 3 is 2.44 bits per heavy atom. The fourth-order valence-electron chi connectivity index (χ4n) is 2.13. The Hall–Kier alpha value is -1.22. The molecular weight excluding hydrogens is 224 g/mol. The minimum absolute atomic E-state index is 0.398. The van der Waals surface area contributed by atoms with Crippen LogP contribution in [0.4, 0.5) is 0 Å². The van der Waals surface area contributed by atoms with Crippen LogP contribution in [0, 0.1) is 0 Å². The summed E-state index contributed by atoms with van der Waals surface area (Å²) in [6.07, 6.45) is 1.66. The van der Waals surface area contributed by atoms with Crippen molar-refractivity contribution in [3.63, 3.8) is 0 Å². The van der Waals surface area contributed by atoms with Crippen LogP contribution in [0.2, 0.25) is 5.02 Å². The summed E-state index contributed by atoms with van der Waals surface area (Å²) in [4.78, 5) is 2.99. The van der Waals surface area contributed by atoms with Crippen LogP contribution in [0.3, 0.4) is 0 Å². The van der Waals surface area contributed by atoms with Crippen LogP contribution in [-0.2, 0) is 5.54 Å². The van der Waals surface area contributed by atoms with E-state index in [-0.39, 0.29) is 0 Å². The minimum atomic E-state index is -0.398. The van der Waals surface area contributed by atoms with Crippen molar-refractivity contribution in [1.82, 2.24) is 5.32 Å². The minimum Gasteiger partial charge on any atom is -0.317 e. The predicted molar refractivity (Wildman–Crippen MR) is 64.4 cm³/mol. The van der Waals surface area contributed by atoms with Crippen molar-refractivity contribution in [3.05, 3.63) is 45.3 Å². The van der Waals surface area contributed by atoms with E-state index < -0.39 is 5.54 Å². The first-order chi connectivity index (χ1) is 7.77. The molecule has 1 aliphatic rings. The number of nitrogens with zero attached hydrogens (tertiary/aromatic N) is 3. The summed E-state index contributed by atoms with van der Waals surface area (Å²) in [5.74, 6) is 0. The summed E-state index contributed by atoms with van der Waals surface area (Å²) in [5.41, 5.74) is 9.37. The van der Waals surface area contributed by atoms with Gasteiger partial charge >= 0.3 is 0 Å². The highest BCUT2D eigenvalue weighted by Gasteiger charge is 2.32. The van der Waals surface area contributed by atoms with Gasteiger partial charge in [-0.25, -0.2) is 0 Å². The van der Waals surface area contributed by atoms with Gasteiger partial charge in [-0.2, -0.15) is 0 Å². The zero-order valence-corrected chi connectivity index (χ0v) is 9.61. The lowest BCUT2D eigenvalue weighted by Gasteiger charge is -2.33. The Kier molecular flexibility index (Phi) is 3.34. The van der Waals surface area contributed by atoms with Gasteiger partial charge in [0.05, 0.1) is 5.54 Å². The highest BCUT2D eigenvalue weighted by Crippen LogP contribution is 2.35. The molecule has 1 aromatic carbocycles. The summed E-state index contributed by atoms with van der Waals surface area (Å²) < 4.78 is 0. The number of hydrogen-bond donors (Lipinski definition) is 1.